The highest BCUT2D eigenvalue weighted by Gasteiger charge is 2.67. The summed E-state index contributed by atoms with van der Waals surface area (Å²) in [5.74, 6) is 1.15. The first-order chi connectivity index (χ1) is 27.4. The number of rotatable bonds is 4. The number of allylic oxidation sites excluding steroid dienone is 2. The third-order valence-corrected chi connectivity index (χ3v) is 16.6. The van der Waals surface area contributed by atoms with Gasteiger partial charge in [0.25, 0.3) is 0 Å². The molecule has 2 fully saturated rings. The molecular weight excluding hydrogens is 699 g/mol. The van der Waals surface area contributed by atoms with Crippen molar-refractivity contribution in [3.63, 3.8) is 0 Å². The Morgan fingerprint density at radius 2 is 1.38 bits per heavy atom. The Morgan fingerprint density at radius 3 is 2.05 bits per heavy atom. The van der Waals surface area contributed by atoms with Gasteiger partial charge in [0.2, 0.25) is 0 Å². The van der Waals surface area contributed by atoms with Crippen molar-refractivity contribution in [2.24, 2.45) is 28.1 Å². The van der Waals surface area contributed by atoms with E-state index >= 15 is 0 Å². The first-order valence-corrected chi connectivity index (χ1v) is 23.0. The Morgan fingerprint density at radius 1 is 0.724 bits per heavy atom. The minimum Gasteiger partial charge on any atom is -0.384 e. The quantitative estimate of drug-likeness (QED) is 0.218. The summed E-state index contributed by atoms with van der Waals surface area (Å²) in [6, 6.07) is 36.2. The van der Waals surface area contributed by atoms with E-state index in [1.807, 2.05) is 0 Å². The van der Waals surface area contributed by atoms with Crippen LogP contribution in [0.3, 0.4) is 0 Å². The highest BCUT2D eigenvalue weighted by atomic mass is 15.0. The fraction of sp³-hybridized carbons (Fsp3) is 0.509. The lowest BCUT2D eigenvalue weighted by atomic mass is 9.42. The molecule has 0 amide bonds. The molecule has 3 heterocycles. The first kappa shape index (κ1) is 39.6. The van der Waals surface area contributed by atoms with E-state index in [4.69, 9.17) is 0 Å². The Kier molecular flexibility index (Phi) is 9.28. The lowest BCUT2D eigenvalue weighted by Gasteiger charge is -2.63. The van der Waals surface area contributed by atoms with Gasteiger partial charge in [-0.2, -0.15) is 0 Å². The van der Waals surface area contributed by atoms with Gasteiger partial charge in [-0.05, 0) is 177 Å². The summed E-state index contributed by atoms with van der Waals surface area (Å²) in [5.41, 5.74) is 15.0. The minimum atomic E-state index is -0.0815. The van der Waals surface area contributed by atoms with Crippen molar-refractivity contribution in [3.8, 4) is 22.3 Å². The van der Waals surface area contributed by atoms with Crippen molar-refractivity contribution < 1.29 is 0 Å². The molecule has 4 aromatic rings. The van der Waals surface area contributed by atoms with Crippen LogP contribution in [-0.4, -0.2) is 5.54 Å². The molecule has 3 aliphatic heterocycles. The van der Waals surface area contributed by atoms with Gasteiger partial charge < -0.3 is 5.32 Å². The molecule has 1 heteroatoms. The van der Waals surface area contributed by atoms with Crippen molar-refractivity contribution in [1.82, 2.24) is 5.32 Å². The summed E-state index contributed by atoms with van der Waals surface area (Å²) in [7, 11) is 0. The van der Waals surface area contributed by atoms with Crippen molar-refractivity contribution in [1.29, 1.82) is 0 Å². The van der Waals surface area contributed by atoms with Crippen LogP contribution in [0, 0.1) is 28.1 Å². The number of fused-ring (bicyclic) bond motifs is 8. The van der Waals surface area contributed by atoms with Gasteiger partial charge in [-0.25, -0.2) is 0 Å². The van der Waals surface area contributed by atoms with Gasteiger partial charge in [-0.15, -0.1) is 0 Å². The van der Waals surface area contributed by atoms with Crippen molar-refractivity contribution >= 4 is 5.57 Å². The van der Waals surface area contributed by atoms with Gasteiger partial charge in [0.05, 0.1) is 0 Å². The van der Waals surface area contributed by atoms with Gasteiger partial charge in [0.15, 0.2) is 0 Å². The monoisotopic (exact) mass is 770 g/mol. The summed E-state index contributed by atoms with van der Waals surface area (Å²) >= 11 is 0. The Labute approximate surface area is 352 Å². The maximum absolute atomic E-state index is 4.44. The summed E-state index contributed by atoms with van der Waals surface area (Å²) in [6.07, 6.45) is 20.3. The minimum absolute atomic E-state index is 0.00761. The van der Waals surface area contributed by atoms with E-state index in [9.17, 15) is 0 Å². The van der Waals surface area contributed by atoms with Gasteiger partial charge in [-0.1, -0.05) is 154 Å². The first-order valence-electron chi connectivity index (χ1n) is 23.0. The molecule has 2 spiro atoms. The molecule has 1 N–H and O–H groups in total. The smallest absolute Gasteiger partial charge is 0.0465 e. The Bertz CT molecular complexity index is 2260. The van der Waals surface area contributed by atoms with Crippen LogP contribution in [0.4, 0.5) is 0 Å². The van der Waals surface area contributed by atoms with Crippen molar-refractivity contribution in [3.05, 3.63) is 137 Å². The lowest BCUT2D eigenvalue weighted by molar-refractivity contribution is -0.0331. The molecule has 58 heavy (non-hydrogen) atoms. The van der Waals surface area contributed by atoms with E-state index in [1.165, 1.54) is 76.6 Å². The number of hydrogen-bond donors (Lipinski definition) is 1. The summed E-state index contributed by atoms with van der Waals surface area (Å²) in [4.78, 5) is 0. The molecule has 6 aliphatic rings. The van der Waals surface area contributed by atoms with Crippen molar-refractivity contribution in [2.45, 2.75) is 155 Å². The highest BCUT2D eigenvalue weighted by Crippen LogP contribution is 2.71. The summed E-state index contributed by atoms with van der Waals surface area (Å²) in [5, 5.41) is 4.44. The normalized spacial score (nSPS) is 31.1. The molecule has 0 aromatic heterocycles. The second-order valence-electron chi connectivity index (χ2n) is 23.1. The summed E-state index contributed by atoms with van der Waals surface area (Å²) in [6.45, 7) is 24.5. The van der Waals surface area contributed by atoms with E-state index in [-0.39, 0.29) is 32.6 Å². The summed E-state index contributed by atoms with van der Waals surface area (Å²) < 4.78 is 0. The van der Waals surface area contributed by atoms with Gasteiger partial charge >= 0.3 is 0 Å². The second kappa shape index (κ2) is 13.6. The topological polar surface area (TPSA) is 12.0 Å². The third-order valence-electron chi connectivity index (χ3n) is 16.6. The fourth-order valence-electron chi connectivity index (χ4n) is 14.4. The second-order valence-corrected chi connectivity index (χ2v) is 23.1. The zero-order valence-corrected chi connectivity index (χ0v) is 37.6. The van der Waals surface area contributed by atoms with Gasteiger partial charge in [0, 0.05) is 17.2 Å². The molecule has 0 radical (unpaired) electrons. The molecule has 0 saturated heterocycles. The van der Waals surface area contributed by atoms with E-state index in [2.05, 4.69) is 184 Å². The van der Waals surface area contributed by atoms with Crippen LogP contribution in [-0.2, 0) is 22.7 Å². The molecule has 3 aliphatic carbocycles. The average Bonchev–Trinajstić information content (AvgIpc) is 3.34. The van der Waals surface area contributed by atoms with Crippen LogP contribution in [0.25, 0.3) is 27.8 Å². The molecule has 1 nitrogen and oxygen atoms in total. The molecule has 6 atom stereocenters. The molecule has 4 aromatic carbocycles. The molecule has 304 valence electrons. The zero-order chi connectivity index (χ0) is 40.9. The van der Waals surface area contributed by atoms with Crippen LogP contribution in [0.5, 0.6) is 0 Å². The maximum atomic E-state index is 4.44. The van der Waals surface area contributed by atoms with Crippen LogP contribution in [0.15, 0.2) is 109 Å². The highest BCUT2D eigenvalue weighted by molar-refractivity contribution is 5.83. The van der Waals surface area contributed by atoms with E-state index in [0.29, 0.717) is 17.3 Å². The Hall–Kier alpha value is -3.84. The van der Waals surface area contributed by atoms with Crippen LogP contribution in [0.2, 0.25) is 0 Å². The third kappa shape index (κ3) is 6.48. The number of nitrogens with one attached hydrogen (secondary N) is 1. The maximum Gasteiger partial charge on any atom is 0.0465 e. The number of hydrogen-bond acceptors (Lipinski definition) is 1. The van der Waals surface area contributed by atoms with Gasteiger partial charge in [0.1, 0.15) is 0 Å². The Balaban J connectivity index is 1.23. The predicted octanol–water partition coefficient (Wildman–Crippen LogP) is 15.2. The standard InChI is InChI=1S/C57H71N/c1-11-57-34-39(2)33-52(6,7)47-20-16-40(17-21-47)44-30-45(41-18-22-48(23-19-41)53(8,9)37-51(3,4)5)32-46(31-44)43(36-58-57)24-27-56(57)35-42-14-12-13-15-49(42)55-29-28-54(10,38-55)26-25-50(55)56/h12-24,27,30-32,36,39,50,58H,11,25-26,28-29,33-35,37-38H2,1-10H3/t39?,50-,54?,55-,56?,57?/m0/s1. The number of benzene rings is 4. The predicted molar refractivity (Wildman–Crippen MR) is 248 cm³/mol. The SMILES string of the molecule is CCC12CC(C)CC(C)(C)c3ccc(cc3)-c3cc(cc(-c4ccc(C(C)(C)CC(C)(C)C)cc4)c3)C(=CN1)C=CC21Cc2ccccc2[C@@]23CCC(C)(CC[C@H]12)C3. The zero-order valence-electron chi connectivity index (χ0n) is 37.6. The van der Waals surface area contributed by atoms with E-state index < -0.39 is 0 Å². The van der Waals surface area contributed by atoms with Crippen LogP contribution in [0.1, 0.15) is 155 Å². The van der Waals surface area contributed by atoms with Crippen LogP contribution >= 0.6 is 0 Å². The molecule has 8 bridgehead atoms. The lowest BCUT2D eigenvalue weighted by Crippen LogP contribution is -2.66. The molecule has 10 rings (SSSR count). The fourth-order valence-corrected chi connectivity index (χ4v) is 14.4. The molecular formula is C57H71N. The molecule has 2 saturated carbocycles. The van der Waals surface area contributed by atoms with Crippen molar-refractivity contribution in [2.75, 3.05) is 0 Å². The van der Waals surface area contributed by atoms with E-state index in [1.54, 1.807) is 11.1 Å². The van der Waals surface area contributed by atoms with Gasteiger partial charge in [-0.3, -0.25) is 0 Å². The molecule has 4 unspecified atom stereocenters. The largest absolute Gasteiger partial charge is 0.384 e. The van der Waals surface area contributed by atoms with Crippen LogP contribution < -0.4 is 5.32 Å². The average molecular weight is 770 g/mol. The van der Waals surface area contributed by atoms with E-state index in [0.717, 1.165) is 32.1 Å².